The third kappa shape index (κ3) is 4.96. The Morgan fingerprint density at radius 3 is 2.50 bits per heavy atom. The largest absolute Gasteiger partial charge is 0.207 e. The van der Waals surface area contributed by atoms with Gasteiger partial charge in [-0.15, -0.1) is 0 Å². The van der Waals surface area contributed by atoms with Gasteiger partial charge in [-0.3, -0.25) is 0 Å². The molecule has 0 nitrogen and oxygen atoms in total. The Morgan fingerprint density at radius 2 is 1.94 bits per heavy atom. The van der Waals surface area contributed by atoms with Gasteiger partial charge in [0.15, 0.2) is 0 Å². The minimum Gasteiger partial charge on any atom is -0.207 e. The van der Waals surface area contributed by atoms with Gasteiger partial charge in [0.05, 0.1) is 0 Å². The van der Waals surface area contributed by atoms with E-state index in [2.05, 4.69) is 45.7 Å². The molecule has 1 aromatic carbocycles. The van der Waals surface area contributed by atoms with Crippen LogP contribution in [0.25, 0.3) is 0 Å². The van der Waals surface area contributed by atoms with Crippen LogP contribution < -0.4 is 0 Å². The molecule has 1 unspecified atom stereocenters. The van der Waals surface area contributed by atoms with Gasteiger partial charge in [0.1, 0.15) is 5.82 Å². The van der Waals surface area contributed by atoms with Crippen LogP contribution in [0.2, 0.25) is 0 Å². The second-order valence-corrected chi connectivity index (χ2v) is 6.52. The average molecular weight is 352 g/mol. The van der Waals surface area contributed by atoms with Crippen LogP contribution in [-0.4, -0.2) is 4.83 Å². The lowest BCUT2D eigenvalue weighted by Crippen LogP contribution is -2.07. The van der Waals surface area contributed by atoms with Crippen LogP contribution in [0.3, 0.4) is 0 Å². The van der Waals surface area contributed by atoms with E-state index >= 15 is 0 Å². The molecule has 0 aliphatic rings. The van der Waals surface area contributed by atoms with Gasteiger partial charge in [-0.1, -0.05) is 45.7 Å². The highest BCUT2D eigenvalue weighted by atomic mass is 79.9. The van der Waals surface area contributed by atoms with Gasteiger partial charge >= 0.3 is 0 Å². The Balaban J connectivity index is 2.43. The quantitative estimate of drug-likeness (QED) is 0.629. The van der Waals surface area contributed by atoms with E-state index in [9.17, 15) is 4.39 Å². The number of hydrogen-bond donors (Lipinski definition) is 0. The number of hydrogen-bond acceptors (Lipinski definition) is 0. The molecule has 0 bridgehead atoms. The van der Waals surface area contributed by atoms with Crippen LogP contribution in [-0.2, 0) is 6.42 Å². The number of halogens is 3. The van der Waals surface area contributed by atoms with E-state index in [1.165, 1.54) is 6.07 Å². The maximum atomic E-state index is 13.1. The molecule has 0 fully saturated rings. The van der Waals surface area contributed by atoms with Crippen LogP contribution in [0.15, 0.2) is 22.7 Å². The van der Waals surface area contributed by atoms with Crippen molar-refractivity contribution in [2.24, 2.45) is 5.92 Å². The van der Waals surface area contributed by atoms with Crippen molar-refractivity contribution in [1.82, 2.24) is 0 Å². The average Bonchev–Trinajstić information content (AvgIpc) is 2.15. The smallest absolute Gasteiger partial charge is 0.124 e. The van der Waals surface area contributed by atoms with Gasteiger partial charge in [0, 0.05) is 9.30 Å². The molecule has 0 saturated carbocycles. The van der Waals surface area contributed by atoms with Crippen LogP contribution >= 0.6 is 31.9 Å². The molecule has 0 heterocycles. The highest BCUT2D eigenvalue weighted by molar-refractivity contribution is 9.10. The number of benzene rings is 1. The molecule has 0 aliphatic carbocycles. The molecule has 1 rings (SSSR count). The maximum Gasteiger partial charge on any atom is 0.124 e. The second kappa shape index (κ2) is 6.75. The zero-order valence-corrected chi connectivity index (χ0v) is 12.8. The monoisotopic (exact) mass is 350 g/mol. The molecule has 0 amide bonds. The van der Waals surface area contributed by atoms with Crippen LogP contribution in [0.5, 0.6) is 0 Å². The zero-order chi connectivity index (χ0) is 12.1. The minimum absolute atomic E-state index is 0.163. The molecule has 1 atom stereocenters. The minimum atomic E-state index is -0.163. The van der Waals surface area contributed by atoms with Crippen molar-refractivity contribution in [3.8, 4) is 0 Å². The van der Waals surface area contributed by atoms with Crippen molar-refractivity contribution in [2.75, 3.05) is 0 Å². The van der Waals surface area contributed by atoms with Gasteiger partial charge < -0.3 is 0 Å². The van der Waals surface area contributed by atoms with Crippen molar-refractivity contribution >= 4 is 31.9 Å². The summed E-state index contributed by atoms with van der Waals surface area (Å²) >= 11 is 6.97. The second-order valence-electron chi connectivity index (χ2n) is 4.43. The summed E-state index contributed by atoms with van der Waals surface area (Å²) in [7, 11) is 0. The van der Waals surface area contributed by atoms with Gasteiger partial charge in [-0.25, -0.2) is 4.39 Å². The van der Waals surface area contributed by atoms with E-state index in [-0.39, 0.29) is 5.82 Å². The topological polar surface area (TPSA) is 0 Å². The molecule has 16 heavy (non-hydrogen) atoms. The molecule has 0 spiro atoms. The summed E-state index contributed by atoms with van der Waals surface area (Å²) in [5.41, 5.74) is 1.07. The predicted molar refractivity (Wildman–Crippen MR) is 74.6 cm³/mol. The Bertz CT molecular complexity index is 316. The number of aryl methyl sites for hydroxylation is 1. The fourth-order valence-corrected chi connectivity index (χ4v) is 2.43. The Hall–Kier alpha value is 0.110. The lowest BCUT2D eigenvalue weighted by Gasteiger charge is -2.13. The summed E-state index contributed by atoms with van der Waals surface area (Å²) in [6.45, 7) is 4.41. The van der Waals surface area contributed by atoms with Crippen molar-refractivity contribution in [3.05, 3.63) is 34.1 Å². The summed E-state index contributed by atoms with van der Waals surface area (Å²) in [6, 6.07) is 5.09. The highest BCUT2D eigenvalue weighted by Crippen LogP contribution is 2.21. The number of alkyl halides is 1. The maximum absolute atomic E-state index is 13.1. The first-order valence-corrected chi connectivity index (χ1v) is 7.29. The van der Waals surface area contributed by atoms with Crippen LogP contribution in [0.4, 0.5) is 4.39 Å². The first-order chi connectivity index (χ1) is 7.49. The van der Waals surface area contributed by atoms with Crippen LogP contribution in [0, 0.1) is 11.7 Å². The SMILES string of the molecule is CC(C)C(Br)CCCc1cc(F)cc(Br)c1. The highest BCUT2D eigenvalue weighted by Gasteiger charge is 2.08. The van der Waals surface area contributed by atoms with E-state index in [0.717, 1.165) is 29.3 Å². The zero-order valence-electron chi connectivity index (χ0n) is 9.64. The van der Waals surface area contributed by atoms with Gasteiger partial charge in [-0.2, -0.15) is 0 Å². The molecule has 0 N–H and O–H groups in total. The third-order valence-corrected chi connectivity index (χ3v) is 4.56. The Labute approximate surface area is 114 Å². The predicted octanol–water partition coefficient (Wildman–Crippen LogP) is 5.33. The van der Waals surface area contributed by atoms with E-state index < -0.39 is 0 Å². The fraction of sp³-hybridized carbons (Fsp3) is 0.538. The number of rotatable bonds is 5. The molecule has 90 valence electrons. The van der Waals surface area contributed by atoms with E-state index in [1.807, 2.05) is 6.07 Å². The summed E-state index contributed by atoms with van der Waals surface area (Å²) in [5.74, 6) is 0.489. The van der Waals surface area contributed by atoms with Crippen molar-refractivity contribution < 1.29 is 4.39 Å². The van der Waals surface area contributed by atoms with Crippen molar-refractivity contribution in [1.29, 1.82) is 0 Å². The van der Waals surface area contributed by atoms with Gasteiger partial charge in [0.2, 0.25) is 0 Å². The van der Waals surface area contributed by atoms with E-state index in [1.54, 1.807) is 6.07 Å². The van der Waals surface area contributed by atoms with Crippen molar-refractivity contribution in [2.45, 2.75) is 37.9 Å². The molecule has 0 aliphatic heterocycles. The van der Waals surface area contributed by atoms with E-state index in [4.69, 9.17) is 0 Å². The fourth-order valence-electron chi connectivity index (χ4n) is 1.59. The molecular formula is C13H17Br2F. The summed E-state index contributed by atoms with van der Waals surface area (Å²) in [6.07, 6.45) is 3.15. The molecule has 0 radical (unpaired) electrons. The van der Waals surface area contributed by atoms with Gasteiger partial charge in [-0.05, 0) is 48.9 Å². The molecule has 0 aromatic heterocycles. The first kappa shape index (κ1) is 14.2. The first-order valence-electron chi connectivity index (χ1n) is 5.58. The lowest BCUT2D eigenvalue weighted by atomic mass is 10.0. The Kier molecular flexibility index (Phi) is 5.98. The normalized spacial score (nSPS) is 13.1. The Morgan fingerprint density at radius 1 is 1.25 bits per heavy atom. The van der Waals surface area contributed by atoms with Crippen molar-refractivity contribution in [3.63, 3.8) is 0 Å². The third-order valence-electron chi connectivity index (χ3n) is 2.59. The summed E-state index contributed by atoms with van der Waals surface area (Å²) in [4.78, 5) is 0.560. The summed E-state index contributed by atoms with van der Waals surface area (Å²) in [5, 5.41) is 0. The summed E-state index contributed by atoms with van der Waals surface area (Å²) < 4.78 is 13.9. The molecule has 0 saturated heterocycles. The van der Waals surface area contributed by atoms with Crippen LogP contribution in [0.1, 0.15) is 32.3 Å². The molecule has 1 aromatic rings. The molecule has 3 heteroatoms. The molecular weight excluding hydrogens is 335 g/mol. The van der Waals surface area contributed by atoms with E-state index in [0.29, 0.717) is 10.7 Å². The van der Waals surface area contributed by atoms with Gasteiger partial charge in [0.25, 0.3) is 0 Å². The lowest BCUT2D eigenvalue weighted by molar-refractivity contribution is 0.561. The standard InChI is InChI=1S/C13H17Br2F/c1-9(2)13(15)5-3-4-10-6-11(14)8-12(16)7-10/h6-9,13H,3-5H2,1-2H3.